The van der Waals surface area contributed by atoms with Gasteiger partial charge in [-0.05, 0) is 24.2 Å². The topological polar surface area (TPSA) is 77.0 Å². The molecule has 1 amide bonds. The van der Waals surface area contributed by atoms with E-state index in [0.29, 0.717) is 5.92 Å². The molecular formula is C15H25N5O. The molecule has 0 bridgehead atoms. The highest BCUT2D eigenvalue weighted by molar-refractivity contribution is 5.89. The molecule has 2 fully saturated rings. The molecule has 116 valence electrons. The van der Waals surface area contributed by atoms with Gasteiger partial charge in [-0.3, -0.25) is 9.36 Å². The second-order valence-electron chi connectivity index (χ2n) is 6.88. The van der Waals surface area contributed by atoms with E-state index >= 15 is 0 Å². The van der Waals surface area contributed by atoms with Gasteiger partial charge >= 0.3 is 0 Å². The lowest BCUT2D eigenvalue weighted by atomic mass is 9.75. The third-order valence-electron chi connectivity index (χ3n) is 4.82. The van der Waals surface area contributed by atoms with E-state index in [2.05, 4.69) is 28.9 Å². The molecule has 6 heteroatoms. The van der Waals surface area contributed by atoms with E-state index in [0.717, 1.165) is 37.4 Å². The molecule has 0 spiro atoms. The average molecular weight is 291 g/mol. The van der Waals surface area contributed by atoms with Gasteiger partial charge in [0.25, 0.3) is 5.91 Å². The Morgan fingerprint density at radius 2 is 2.05 bits per heavy atom. The number of aromatic nitrogens is 3. The maximum Gasteiger partial charge on any atom is 0.286 e. The number of primary amides is 1. The average Bonchev–Trinajstić information content (AvgIpc) is 2.92. The minimum Gasteiger partial charge on any atom is -0.363 e. The minimum absolute atomic E-state index is 0.283. The monoisotopic (exact) mass is 291 g/mol. The quantitative estimate of drug-likeness (QED) is 0.895. The van der Waals surface area contributed by atoms with Crippen LogP contribution < -0.4 is 10.6 Å². The van der Waals surface area contributed by atoms with Crippen LogP contribution in [-0.4, -0.2) is 33.8 Å². The molecule has 2 aliphatic rings. The summed E-state index contributed by atoms with van der Waals surface area (Å²) in [5.74, 6) is 2.70. The van der Waals surface area contributed by atoms with E-state index in [1.165, 1.54) is 25.7 Å². The second-order valence-corrected chi connectivity index (χ2v) is 6.88. The Hall–Kier alpha value is -1.59. The number of nitrogens with zero attached hydrogens (tertiary/aromatic N) is 4. The third-order valence-corrected chi connectivity index (χ3v) is 4.82. The summed E-state index contributed by atoms with van der Waals surface area (Å²) >= 11 is 0. The van der Waals surface area contributed by atoms with Crippen molar-refractivity contribution in [2.75, 3.05) is 18.0 Å². The highest BCUT2D eigenvalue weighted by Gasteiger charge is 2.35. The zero-order valence-corrected chi connectivity index (χ0v) is 13.0. The molecule has 2 heterocycles. The fraction of sp³-hybridized carbons (Fsp3) is 0.800. The first-order valence-electron chi connectivity index (χ1n) is 8.04. The molecule has 1 aromatic rings. The Morgan fingerprint density at radius 1 is 1.29 bits per heavy atom. The Morgan fingerprint density at radius 3 is 2.62 bits per heavy atom. The molecule has 3 rings (SSSR count). The molecule has 1 unspecified atom stereocenters. The van der Waals surface area contributed by atoms with Crippen molar-refractivity contribution in [2.24, 2.45) is 23.5 Å². The fourth-order valence-corrected chi connectivity index (χ4v) is 3.51. The number of rotatable bonds is 5. The van der Waals surface area contributed by atoms with E-state index in [9.17, 15) is 4.79 Å². The standard InChI is InChI=1S/C15H25N5O/c1-10(2)8-20-14(13(16)21)17-18-15(20)19-7-6-12(9-19)11-4-3-5-11/h10-12H,3-9H2,1-2H3,(H2,16,21). The summed E-state index contributed by atoms with van der Waals surface area (Å²) in [5, 5.41) is 8.26. The van der Waals surface area contributed by atoms with Gasteiger partial charge in [0.2, 0.25) is 11.8 Å². The lowest BCUT2D eigenvalue weighted by molar-refractivity contribution is 0.0985. The molecule has 6 nitrogen and oxygen atoms in total. The van der Waals surface area contributed by atoms with Gasteiger partial charge < -0.3 is 10.6 Å². The summed E-state index contributed by atoms with van der Waals surface area (Å²) < 4.78 is 1.90. The Labute approximate surface area is 125 Å². The smallest absolute Gasteiger partial charge is 0.286 e. The van der Waals surface area contributed by atoms with Crippen LogP contribution in [0.5, 0.6) is 0 Å². The number of amides is 1. The zero-order chi connectivity index (χ0) is 15.0. The highest BCUT2D eigenvalue weighted by atomic mass is 16.1. The van der Waals surface area contributed by atoms with Crippen LogP contribution in [0.2, 0.25) is 0 Å². The van der Waals surface area contributed by atoms with E-state index in [-0.39, 0.29) is 5.82 Å². The fourth-order valence-electron chi connectivity index (χ4n) is 3.51. The third kappa shape index (κ3) is 2.76. The first-order valence-corrected chi connectivity index (χ1v) is 8.04. The van der Waals surface area contributed by atoms with Crippen molar-refractivity contribution in [3.8, 4) is 0 Å². The number of nitrogens with two attached hydrogens (primary N) is 1. The molecule has 21 heavy (non-hydrogen) atoms. The SMILES string of the molecule is CC(C)Cn1c(C(N)=O)nnc1N1CCC(C2CCC2)C1. The van der Waals surface area contributed by atoms with Crippen LogP contribution in [-0.2, 0) is 6.54 Å². The summed E-state index contributed by atoms with van der Waals surface area (Å²) in [5.41, 5.74) is 5.43. The van der Waals surface area contributed by atoms with Gasteiger partial charge in [-0.2, -0.15) is 0 Å². The van der Waals surface area contributed by atoms with Crippen LogP contribution in [0.1, 0.15) is 50.1 Å². The molecule has 1 saturated carbocycles. The number of carbonyl (C=O) groups is 1. The van der Waals surface area contributed by atoms with Crippen molar-refractivity contribution in [1.82, 2.24) is 14.8 Å². The lowest BCUT2D eigenvalue weighted by Gasteiger charge is -2.31. The Bertz CT molecular complexity index is 520. The summed E-state index contributed by atoms with van der Waals surface area (Å²) in [6.07, 6.45) is 5.37. The van der Waals surface area contributed by atoms with Gasteiger partial charge in [0.15, 0.2) is 0 Å². The van der Waals surface area contributed by atoms with Gasteiger partial charge in [0.05, 0.1) is 0 Å². The molecule has 1 aliphatic carbocycles. The molecule has 1 aromatic heterocycles. The molecule has 0 aromatic carbocycles. The number of carbonyl (C=O) groups excluding carboxylic acids is 1. The van der Waals surface area contributed by atoms with Gasteiger partial charge in [-0.25, -0.2) is 0 Å². The van der Waals surface area contributed by atoms with Crippen LogP contribution in [0.25, 0.3) is 0 Å². The van der Waals surface area contributed by atoms with Crippen molar-refractivity contribution in [3.05, 3.63) is 5.82 Å². The van der Waals surface area contributed by atoms with Crippen LogP contribution in [0.15, 0.2) is 0 Å². The largest absolute Gasteiger partial charge is 0.363 e. The zero-order valence-electron chi connectivity index (χ0n) is 13.0. The normalized spacial score (nSPS) is 22.8. The van der Waals surface area contributed by atoms with Crippen molar-refractivity contribution >= 4 is 11.9 Å². The Balaban J connectivity index is 1.79. The summed E-state index contributed by atoms with van der Waals surface area (Å²) in [6.45, 7) is 7.02. The van der Waals surface area contributed by atoms with Crippen molar-refractivity contribution in [3.63, 3.8) is 0 Å². The van der Waals surface area contributed by atoms with Crippen molar-refractivity contribution in [2.45, 2.75) is 46.1 Å². The number of anilines is 1. The van der Waals surface area contributed by atoms with Gasteiger partial charge in [0.1, 0.15) is 0 Å². The minimum atomic E-state index is -0.496. The number of hydrogen-bond acceptors (Lipinski definition) is 4. The molecule has 1 aliphatic heterocycles. The van der Waals surface area contributed by atoms with E-state index in [1.807, 2.05) is 4.57 Å². The first kappa shape index (κ1) is 14.4. The van der Waals surface area contributed by atoms with Crippen molar-refractivity contribution in [1.29, 1.82) is 0 Å². The van der Waals surface area contributed by atoms with Crippen molar-refractivity contribution < 1.29 is 4.79 Å². The van der Waals surface area contributed by atoms with Crippen LogP contribution in [0.3, 0.4) is 0 Å². The summed E-state index contributed by atoms with van der Waals surface area (Å²) in [4.78, 5) is 13.8. The van der Waals surface area contributed by atoms with E-state index in [1.54, 1.807) is 0 Å². The predicted octanol–water partition coefficient (Wildman–Crippen LogP) is 1.66. The van der Waals surface area contributed by atoms with Gasteiger partial charge in [-0.1, -0.05) is 33.1 Å². The van der Waals surface area contributed by atoms with E-state index < -0.39 is 5.91 Å². The van der Waals surface area contributed by atoms with Crippen LogP contribution in [0.4, 0.5) is 5.95 Å². The molecule has 0 radical (unpaired) electrons. The molecule has 2 N–H and O–H groups in total. The maximum atomic E-state index is 11.5. The second kappa shape index (κ2) is 5.66. The first-order chi connectivity index (χ1) is 10.1. The summed E-state index contributed by atoms with van der Waals surface area (Å²) in [6, 6.07) is 0. The van der Waals surface area contributed by atoms with Gasteiger partial charge in [0, 0.05) is 19.6 Å². The van der Waals surface area contributed by atoms with Gasteiger partial charge in [-0.15, -0.1) is 10.2 Å². The molecule has 1 atom stereocenters. The maximum absolute atomic E-state index is 11.5. The summed E-state index contributed by atoms with van der Waals surface area (Å²) in [7, 11) is 0. The lowest BCUT2D eigenvalue weighted by Crippen LogP contribution is -2.29. The highest BCUT2D eigenvalue weighted by Crippen LogP contribution is 2.39. The van der Waals surface area contributed by atoms with E-state index in [4.69, 9.17) is 5.73 Å². The predicted molar refractivity (Wildman–Crippen MR) is 81.0 cm³/mol. The molecule has 1 saturated heterocycles. The van der Waals surface area contributed by atoms with Crippen LogP contribution in [0, 0.1) is 17.8 Å². The Kier molecular flexibility index (Phi) is 3.87. The van der Waals surface area contributed by atoms with Crippen LogP contribution >= 0.6 is 0 Å². The number of hydrogen-bond donors (Lipinski definition) is 1. The molecular weight excluding hydrogens is 266 g/mol.